The smallest absolute Gasteiger partial charge is 0.194 e. The van der Waals surface area contributed by atoms with Gasteiger partial charge in [-0.25, -0.2) is 4.98 Å². The number of nitrogens with one attached hydrogen (secondary N) is 1. The van der Waals surface area contributed by atoms with Gasteiger partial charge in [0, 0.05) is 18.8 Å². The van der Waals surface area contributed by atoms with Crippen molar-refractivity contribution in [1.29, 1.82) is 0 Å². The zero-order chi connectivity index (χ0) is 15.9. The fraction of sp³-hybridized carbons (Fsp3) is 0.333. The molecule has 0 aliphatic carbocycles. The van der Waals surface area contributed by atoms with Gasteiger partial charge in [-0.05, 0) is 37.1 Å². The number of rotatable bonds is 5. The number of pyridine rings is 1. The number of nitrogens with two attached hydrogens (primary N) is 1. The lowest BCUT2D eigenvalue weighted by Crippen LogP contribution is -2.33. The highest BCUT2D eigenvalue weighted by Gasteiger charge is 2.24. The van der Waals surface area contributed by atoms with Crippen LogP contribution >= 0.6 is 24.0 Å². The third-order valence-electron chi connectivity index (χ3n) is 4.12. The number of anilines is 1. The van der Waals surface area contributed by atoms with E-state index in [-0.39, 0.29) is 24.0 Å². The van der Waals surface area contributed by atoms with E-state index in [4.69, 9.17) is 5.73 Å². The van der Waals surface area contributed by atoms with E-state index in [1.165, 1.54) is 18.4 Å². The molecule has 128 valence electrons. The highest BCUT2D eigenvalue weighted by molar-refractivity contribution is 14.0. The Morgan fingerprint density at radius 1 is 1.21 bits per heavy atom. The number of hydrogen-bond donors (Lipinski definition) is 2. The van der Waals surface area contributed by atoms with Crippen LogP contribution in [0.25, 0.3) is 0 Å². The molecule has 2 aromatic rings. The van der Waals surface area contributed by atoms with Gasteiger partial charge in [0.2, 0.25) is 0 Å². The number of halogens is 1. The second-order valence-electron chi connectivity index (χ2n) is 5.82. The molecule has 0 bridgehead atoms. The Balaban J connectivity index is 0.00000208. The van der Waals surface area contributed by atoms with E-state index in [2.05, 4.69) is 50.5 Å². The lowest BCUT2D eigenvalue weighted by atomic mass is 10.2. The predicted molar refractivity (Wildman–Crippen MR) is 110 cm³/mol. The van der Waals surface area contributed by atoms with Crippen molar-refractivity contribution in [3.63, 3.8) is 0 Å². The standard InChI is InChI=1S/C18H23N5.HI/c19-18(22-17-10-4-5-11-20-17)21-13-16-9-6-12-23(16)14-15-7-2-1-3-8-15;/h1-5,7-8,10-11,16H,6,9,12-14H2,(H3,19,20,21,22);1H. The van der Waals surface area contributed by atoms with Gasteiger partial charge in [0.25, 0.3) is 0 Å². The Morgan fingerprint density at radius 2 is 2.00 bits per heavy atom. The number of likely N-dealkylation sites (tertiary alicyclic amines) is 1. The lowest BCUT2D eigenvalue weighted by Gasteiger charge is -2.23. The van der Waals surface area contributed by atoms with E-state index < -0.39 is 0 Å². The molecule has 1 saturated heterocycles. The van der Waals surface area contributed by atoms with Gasteiger partial charge in [0.1, 0.15) is 5.82 Å². The molecule has 3 rings (SSSR count). The van der Waals surface area contributed by atoms with E-state index in [0.717, 1.165) is 25.5 Å². The quantitative estimate of drug-likeness (QED) is 0.429. The summed E-state index contributed by atoms with van der Waals surface area (Å²) in [6.45, 7) is 2.83. The highest BCUT2D eigenvalue weighted by Crippen LogP contribution is 2.20. The average molecular weight is 437 g/mol. The van der Waals surface area contributed by atoms with Crippen molar-refractivity contribution in [2.45, 2.75) is 25.4 Å². The summed E-state index contributed by atoms with van der Waals surface area (Å²) < 4.78 is 0. The fourth-order valence-corrected chi connectivity index (χ4v) is 2.94. The lowest BCUT2D eigenvalue weighted by molar-refractivity contribution is 0.250. The Kier molecular flexibility index (Phi) is 7.45. The number of guanidine groups is 1. The van der Waals surface area contributed by atoms with Crippen LogP contribution in [0.4, 0.5) is 5.82 Å². The van der Waals surface area contributed by atoms with Crippen LogP contribution in [-0.4, -0.2) is 35.0 Å². The summed E-state index contributed by atoms with van der Waals surface area (Å²) in [5.74, 6) is 1.15. The Labute approximate surface area is 160 Å². The molecule has 0 spiro atoms. The number of hydrogen-bond acceptors (Lipinski definition) is 3. The summed E-state index contributed by atoms with van der Waals surface area (Å²) in [6.07, 6.45) is 4.13. The normalized spacial score (nSPS) is 18.2. The third-order valence-corrected chi connectivity index (χ3v) is 4.12. The summed E-state index contributed by atoms with van der Waals surface area (Å²) in [5.41, 5.74) is 7.31. The summed E-state index contributed by atoms with van der Waals surface area (Å²) >= 11 is 0. The van der Waals surface area contributed by atoms with Crippen LogP contribution in [-0.2, 0) is 6.54 Å². The van der Waals surface area contributed by atoms with Crippen LogP contribution in [0, 0.1) is 0 Å². The van der Waals surface area contributed by atoms with Crippen LogP contribution in [0.15, 0.2) is 59.7 Å². The van der Waals surface area contributed by atoms with E-state index in [0.29, 0.717) is 12.0 Å². The van der Waals surface area contributed by atoms with Crippen molar-refractivity contribution in [2.24, 2.45) is 10.7 Å². The van der Waals surface area contributed by atoms with E-state index in [1.807, 2.05) is 18.2 Å². The van der Waals surface area contributed by atoms with Crippen LogP contribution in [0.3, 0.4) is 0 Å². The molecule has 1 aliphatic rings. The second-order valence-corrected chi connectivity index (χ2v) is 5.82. The molecule has 1 aromatic heterocycles. The molecular weight excluding hydrogens is 413 g/mol. The topological polar surface area (TPSA) is 66.5 Å². The molecule has 0 amide bonds. The van der Waals surface area contributed by atoms with E-state index in [1.54, 1.807) is 6.20 Å². The minimum absolute atomic E-state index is 0. The van der Waals surface area contributed by atoms with Gasteiger partial charge in [-0.2, -0.15) is 0 Å². The average Bonchev–Trinajstić information content (AvgIpc) is 3.02. The molecule has 5 nitrogen and oxygen atoms in total. The Morgan fingerprint density at radius 3 is 2.75 bits per heavy atom. The molecule has 6 heteroatoms. The first-order valence-electron chi connectivity index (χ1n) is 8.07. The Bertz CT molecular complexity index is 632. The SMILES string of the molecule is I.NC(=NCC1CCCN1Cc1ccccc1)Nc1ccccn1. The summed E-state index contributed by atoms with van der Waals surface area (Å²) in [6, 6.07) is 16.7. The van der Waals surface area contributed by atoms with Crippen molar-refractivity contribution in [1.82, 2.24) is 9.88 Å². The van der Waals surface area contributed by atoms with Gasteiger partial charge >= 0.3 is 0 Å². The molecule has 1 fully saturated rings. The number of aromatic nitrogens is 1. The molecular formula is C18H24IN5. The van der Waals surface area contributed by atoms with Gasteiger partial charge < -0.3 is 11.1 Å². The molecule has 1 unspecified atom stereocenters. The molecule has 1 aromatic carbocycles. The first-order chi connectivity index (χ1) is 11.3. The van der Waals surface area contributed by atoms with Crippen molar-refractivity contribution >= 4 is 35.8 Å². The van der Waals surface area contributed by atoms with Crippen molar-refractivity contribution in [3.8, 4) is 0 Å². The molecule has 0 saturated carbocycles. The van der Waals surface area contributed by atoms with Gasteiger partial charge in [0.05, 0.1) is 6.54 Å². The van der Waals surface area contributed by atoms with Crippen LogP contribution < -0.4 is 11.1 Å². The number of aliphatic imine (C=N–C) groups is 1. The molecule has 0 radical (unpaired) electrons. The van der Waals surface area contributed by atoms with Crippen LogP contribution in [0.1, 0.15) is 18.4 Å². The number of nitrogens with zero attached hydrogens (tertiary/aromatic N) is 3. The zero-order valence-corrected chi connectivity index (χ0v) is 16.0. The molecule has 1 aliphatic heterocycles. The van der Waals surface area contributed by atoms with Crippen molar-refractivity contribution < 1.29 is 0 Å². The maximum absolute atomic E-state index is 5.96. The van der Waals surface area contributed by atoms with Crippen molar-refractivity contribution in [3.05, 3.63) is 60.3 Å². The number of benzene rings is 1. The first kappa shape index (κ1) is 18.7. The van der Waals surface area contributed by atoms with Crippen molar-refractivity contribution in [2.75, 3.05) is 18.4 Å². The summed E-state index contributed by atoms with van der Waals surface area (Å²) in [4.78, 5) is 11.2. The summed E-state index contributed by atoms with van der Waals surface area (Å²) in [5, 5.41) is 3.03. The van der Waals surface area contributed by atoms with Crippen LogP contribution in [0.2, 0.25) is 0 Å². The monoisotopic (exact) mass is 437 g/mol. The van der Waals surface area contributed by atoms with Gasteiger partial charge in [-0.15, -0.1) is 24.0 Å². The highest BCUT2D eigenvalue weighted by atomic mass is 127. The molecule has 24 heavy (non-hydrogen) atoms. The molecule has 2 heterocycles. The summed E-state index contributed by atoms with van der Waals surface area (Å²) in [7, 11) is 0. The fourth-order valence-electron chi connectivity index (χ4n) is 2.94. The van der Waals surface area contributed by atoms with Crippen LogP contribution in [0.5, 0.6) is 0 Å². The van der Waals surface area contributed by atoms with E-state index in [9.17, 15) is 0 Å². The molecule has 1 atom stereocenters. The first-order valence-corrected chi connectivity index (χ1v) is 8.07. The van der Waals surface area contributed by atoms with Gasteiger partial charge in [-0.3, -0.25) is 9.89 Å². The van der Waals surface area contributed by atoms with Gasteiger partial charge in [0.15, 0.2) is 5.96 Å². The predicted octanol–water partition coefficient (Wildman–Crippen LogP) is 3.09. The maximum atomic E-state index is 5.96. The maximum Gasteiger partial charge on any atom is 0.194 e. The largest absolute Gasteiger partial charge is 0.370 e. The van der Waals surface area contributed by atoms with E-state index >= 15 is 0 Å². The minimum atomic E-state index is 0. The second kappa shape index (κ2) is 9.58. The minimum Gasteiger partial charge on any atom is -0.370 e. The molecule has 3 N–H and O–H groups in total. The third kappa shape index (κ3) is 5.45. The Hall–Kier alpha value is -1.67. The zero-order valence-electron chi connectivity index (χ0n) is 13.6. The van der Waals surface area contributed by atoms with Gasteiger partial charge in [-0.1, -0.05) is 36.4 Å².